The van der Waals surface area contributed by atoms with Gasteiger partial charge in [-0.25, -0.2) is 4.57 Å². The van der Waals surface area contributed by atoms with Gasteiger partial charge in [0.15, 0.2) is 6.10 Å². The van der Waals surface area contributed by atoms with Crippen LogP contribution in [0, 0.1) is 0 Å². The van der Waals surface area contributed by atoms with Gasteiger partial charge in [0.05, 0.1) is 13.2 Å². The van der Waals surface area contributed by atoms with Gasteiger partial charge in [-0.1, -0.05) is 127 Å². The van der Waals surface area contributed by atoms with E-state index in [0.717, 1.165) is 70.6 Å². The summed E-state index contributed by atoms with van der Waals surface area (Å²) >= 11 is 0. The highest BCUT2D eigenvalue weighted by molar-refractivity contribution is 7.47. The summed E-state index contributed by atoms with van der Waals surface area (Å²) in [6.45, 7) is 2.70. The topological polar surface area (TPSA) is 172 Å². The molecule has 0 amide bonds. The summed E-state index contributed by atoms with van der Waals surface area (Å²) in [5, 5.41) is 8.86. The largest absolute Gasteiger partial charge is 0.480 e. The van der Waals surface area contributed by atoms with Crippen LogP contribution >= 0.6 is 7.82 Å². The number of esters is 2. The molecule has 0 fully saturated rings. The van der Waals surface area contributed by atoms with Crippen molar-refractivity contribution in [2.24, 2.45) is 5.73 Å². The second kappa shape index (κ2) is 35.7. The first kappa shape index (κ1) is 49.7. The number of ether oxygens (including phenoxy) is 2. The summed E-state index contributed by atoms with van der Waals surface area (Å²) in [6.07, 6.45) is 36.4. The average molecular weight is 758 g/mol. The molecular weight excluding hydrogens is 685 g/mol. The maximum absolute atomic E-state index is 12.5. The molecule has 0 bridgehead atoms. The van der Waals surface area contributed by atoms with E-state index in [-0.39, 0.29) is 19.4 Å². The Kier molecular flexibility index (Phi) is 34.1. The van der Waals surface area contributed by atoms with Crippen LogP contribution < -0.4 is 5.73 Å². The van der Waals surface area contributed by atoms with Crippen molar-refractivity contribution < 1.29 is 47.5 Å². The number of phosphoric acid groups is 1. The van der Waals surface area contributed by atoms with E-state index in [9.17, 15) is 23.8 Å². The molecule has 0 aliphatic rings. The van der Waals surface area contributed by atoms with E-state index in [1.54, 1.807) is 0 Å². The second-order valence-corrected chi connectivity index (χ2v) is 14.9. The van der Waals surface area contributed by atoms with Crippen LogP contribution in [0.15, 0.2) is 36.5 Å². The molecule has 0 saturated heterocycles. The van der Waals surface area contributed by atoms with E-state index in [4.69, 9.17) is 24.8 Å². The molecular formula is C40H72NO10P. The molecule has 0 aliphatic heterocycles. The quantitative estimate of drug-likeness (QED) is 0.0238. The zero-order valence-electron chi connectivity index (χ0n) is 32.4. The third-order valence-electron chi connectivity index (χ3n) is 8.36. The summed E-state index contributed by atoms with van der Waals surface area (Å²) in [6, 6.07) is -1.52. The standard InChI is InChI=1S/C40H72NO10P/c1-3-5-7-9-11-13-15-16-17-18-19-20-22-23-25-27-29-31-38(42)48-33-36(34-49-52(46,47)50-35-37(41)40(44)45)51-39(43)32-30-28-26-24-21-14-12-10-8-6-4-2/h10-13,16-17,36-37H,3-9,14-15,18-35,41H2,1-2H3,(H,44,45)(H,46,47)/b12-10-,13-11-,17-16-/t36-,37+/m1/s1. The van der Waals surface area contributed by atoms with Gasteiger partial charge < -0.3 is 25.2 Å². The highest BCUT2D eigenvalue weighted by Gasteiger charge is 2.28. The van der Waals surface area contributed by atoms with Gasteiger partial charge in [-0.05, 0) is 64.2 Å². The van der Waals surface area contributed by atoms with Gasteiger partial charge in [-0.2, -0.15) is 0 Å². The number of hydrogen-bond donors (Lipinski definition) is 3. The zero-order valence-corrected chi connectivity index (χ0v) is 33.3. The molecule has 0 aromatic heterocycles. The molecule has 0 aliphatic carbocycles. The fourth-order valence-corrected chi connectivity index (χ4v) is 5.91. The molecule has 0 aromatic carbocycles. The predicted molar refractivity (Wildman–Crippen MR) is 208 cm³/mol. The van der Waals surface area contributed by atoms with Gasteiger partial charge in [0.25, 0.3) is 0 Å². The molecule has 1 unspecified atom stereocenters. The Morgan fingerprint density at radius 3 is 1.58 bits per heavy atom. The molecule has 0 aromatic rings. The maximum Gasteiger partial charge on any atom is 0.472 e. The second-order valence-electron chi connectivity index (χ2n) is 13.4. The lowest BCUT2D eigenvalue weighted by Gasteiger charge is -2.20. The first-order valence-corrected chi connectivity index (χ1v) is 21.5. The highest BCUT2D eigenvalue weighted by atomic mass is 31.2. The Morgan fingerprint density at radius 1 is 0.596 bits per heavy atom. The van der Waals surface area contributed by atoms with Crippen molar-refractivity contribution in [3.8, 4) is 0 Å². The SMILES string of the molecule is CCCC/C=C\CCCCCCCC(=O)O[C@H](COC(=O)CCCCCCCCC/C=C\C/C=C\CCCCC)COP(=O)(O)OC[C@H](N)C(=O)O. The summed E-state index contributed by atoms with van der Waals surface area (Å²) in [4.78, 5) is 45.8. The van der Waals surface area contributed by atoms with Crippen molar-refractivity contribution in [1.29, 1.82) is 0 Å². The molecule has 52 heavy (non-hydrogen) atoms. The highest BCUT2D eigenvalue weighted by Crippen LogP contribution is 2.43. The van der Waals surface area contributed by atoms with Crippen molar-refractivity contribution in [1.82, 2.24) is 0 Å². The number of rotatable bonds is 37. The summed E-state index contributed by atoms with van der Waals surface area (Å²) < 4.78 is 32.6. The van der Waals surface area contributed by atoms with Crippen LogP contribution in [0.25, 0.3) is 0 Å². The van der Waals surface area contributed by atoms with Crippen LogP contribution in [-0.4, -0.2) is 59.9 Å². The summed E-state index contributed by atoms with van der Waals surface area (Å²) in [7, 11) is -4.71. The van der Waals surface area contributed by atoms with Crippen LogP contribution in [0.4, 0.5) is 0 Å². The zero-order chi connectivity index (χ0) is 38.5. The minimum atomic E-state index is -4.71. The van der Waals surface area contributed by atoms with Gasteiger partial charge in [0.1, 0.15) is 12.6 Å². The maximum atomic E-state index is 12.5. The lowest BCUT2D eigenvalue weighted by molar-refractivity contribution is -0.161. The lowest BCUT2D eigenvalue weighted by atomic mass is 10.1. The van der Waals surface area contributed by atoms with Crippen molar-refractivity contribution in [2.45, 2.75) is 180 Å². The molecule has 3 atom stereocenters. The number of phosphoric ester groups is 1. The van der Waals surface area contributed by atoms with Crippen LogP contribution in [0.1, 0.15) is 168 Å². The van der Waals surface area contributed by atoms with E-state index in [1.165, 1.54) is 57.8 Å². The molecule has 12 heteroatoms. The molecule has 11 nitrogen and oxygen atoms in total. The van der Waals surface area contributed by atoms with Gasteiger partial charge in [0, 0.05) is 12.8 Å². The first-order chi connectivity index (χ1) is 25.1. The molecule has 0 saturated carbocycles. The van der Waals surface area contributed by atoms with Crippen LogP contribution in [0.2, 0.25) is 0 Å². The number of unbranched alkanes of at least 4 members (excludes halogenated alkanes) is 17. The first-order valence-electron chi connectivity index (χ1n) is 20.0. The number of aliphatic carboxylic acids is 1. The van der Waals surface area contributed by atoms with Gasteiger partial charge >= 0.3 is 25.7 Å². The molecule has 0 radical (unpaired) electrons. The van der Waals surface area contributed by atoms with Gasteiger partial charge in [-0.15, -0.1) is 0 Å². The van der Waals surface area contributed by atoms with E-state index in [2.05, 4.69) is 54.8 Å². The minimum absolute atomic E-state index is 0.148. The summed E-state index contributed by atoms with van der Waals surface area (Å²) in [5.74, 6) is -2.40. The minimum Gasteiger partial charge on any atom is -0.480 e. The molecule has 0 rings (SSSR count). The number of carboxylic acid groups (broad SMARTS) is 1. The predicted octanol–water partition coefficient (Wildman–Crippen LogP) is 10.1. The smallest absolute Gasteiger partial charge is 0.472 e. The van der Waals surface area contributed by atoms with Crippen LogP contribution in [0.5, 0.6) is 0 Å². The van der Waals surface area contributed by atoms with E-state index in [1.807, 2.05) is 0 Å². The van der Waals surface area contributed by atoms with Crippen molar-refractivity contribution in [3.05, 3.63) is 36.5 Å². The number of hydrogen-bond acceptors (Lipinski definition) is 9. The molecule has 0 spiro atoms. The number of allylic oxidation sites excluding steroid dienone is 6. The Balaban J connectivity index is 4.39. The van der Waals surface area contributed by atoms with Crippen molar-refractivity contribution in [3.63, 3.8) is 0 Å². The van der Waals surface area contributed by atoms with Gasteiger partial charge in [0.2, 0.25) is 0 Å². The summed E-state index contributed by atoms with van der Waals surface area (Å²) in [5.41, 5.74) is 5.32. The normalized spacial score (nSPS) is 14.2. The van der Waals surface area contributed by atoms with E-state index in [0.29, 0.717) is 12.8 Å². The average Bonchev–Trinajstić information content (AvgIpc) is 3.12. The Hall–Kier alpha value is -2.30. The van der Waals surface area contributed by atoms with Crippen LogP contribution in [0.3, 0.4) is 0 Å². The number of carboxylic acids is 1. The third kappa shape index (κ3) is 34.8. The molecule has 4 N–H and O–H groups in total. The third-order valence-corrected chi connectivity index (χ3v) is 9.31. The molecule has 302 valence electrons. The Bertz CT molecular complexity index is 1030. The van der Waals surface area contributed by atoms with Crippen molar-refractivity contribution in [2.75, 3.05) is 19.8 Å². The number of carbonyl (C=O) groups excluding carboxylic acids is 2. The number of nitrogens with two attached hydrogens (primary N) is 1. The lowest BCUT2D eigenvalue weighted by Crippen LogP contribution is -2.34. The van der Waals surface area contributed by atoms with Gasteiger partial charge in [-0.3, -0.25) is 23.4 Å². The van der Waals surface area contributed by atoms with Crippen molar-refractivity contribution >= 4 is 25.7 Å². The molecule has 0 heterocycles. The van der Waals surface area contributed by atoms with E-state index >= 15 is 0 Å². The fourth-order valence-electron chi connectivity index (χ4n) is 5.13. The monoisotopic (exact) mass is 757 g/mol. The Morgan fingerprint density at radius 2 is 1.04 bits per heavy atom. The number of carbonyl (C=O) groups is 3. The van der Waals surface area contributed by atoms with Crippen LogP contribution in [-0.2, 0) is 37.5 Å². The van der Waals surface area contributed by atoms with E-state index < -0.39 is 51.1 Å². The fraction of sp³-hybridized carbons (Fsp3) is 0.775. The Labute approximate surface area is 314 Å².